The van der Waals surface area contributed by atoms with Gasteiger partial charge in [0.15, 0.2) is 0 Å². The summed E-state index contributed by atoms with van der Waals surface area (Å²) in [6, 6.07) is 71.2. The summed E-state index contributed by atoms with van der Waals surface area (Å²) in [5.74, 6) is 0. The van der Waals surface area contributed by atoms with Crippen LogP contribution in [0.1, 0.15) is 30.5 Å². The number of allylic oxidation sites excluding steroid dienone is 2. The highest BCUT2D eigenvalue weighted by Crippen LogP contribution is 2.45. The lowest BCUT2D eigenvalue weighted by Crippen LogP contribution is -2.06. The van der Waals surface area contributed by atoms with Crippen molar-refractivity contribution in [3.63, 3.8) is 0 Å². The van der Waals surface area contributed by atoms with Crippen LogP contribution in [-0.2, 0) is 0 Å². The number of aliphatic imine (C=N–C) groups is 1. The van der Waals surface area contributed by atoms with Crippen LogP contribution in [0.4, 0.5) is 0 Å². The molecule has 0 saturated carbocycles. The van der Waals surface area contributed by atoms with Crippen LogP contribution in [-0.4, -0.2) is 5.71 Å². The third-order valence-electron chi connectivity index (χ3n) is 12.4. The Morgan fingerprint density at radius 1 is 0.460 bits per heavy atom. The quantitative estimate of drug-likeness (QED) is 0.111. The number of thiophene rings is 1. The van der Waals surface area contributed by atoms with Crippen LogP contribution in [0.15, 0.2) is 227 Å². The van der Waals surface area contributed by atoms with E-state index in [-0.39, 0.29) is 0 Å². The van der Waals surface area contributed by atoms with E-state index in [1.54, 1.807) is 0 Å². The second-order valence-corrected chi connectivity index (χ2v) is 17.1. The van der Waals surface area contributed by atoms with Gasteiger partial charge in [0.05, 0.1) is 5.71 Å². The molecule has 0 aliphatic rings. The van der Waals surface area contributed by atoms with E-state index in [0.29, 0.717) is 5.70 Å². The van der Waals surface area contributed by atoms with Crippen molar-refractivity contribution in [2.24, 2.45) is 4.99 Å². The molecule has 0 atom stereocenters. The van der Waals surface area contributed by atoms with Crippen molar-refractivity contribution in [3.05, 3.63) is 235 Å². The summed E-state index contributed by atoms with van der Waals surface area (Å²) >= 11 is 1.89. The number of hydrogen-bond acceptors (Lipinski definition) is 3. The van der Waals surface area contributed by atoms with Gasteiger partial charge < -0.3 is 4.42 Å². The first-order valence-corrected chi connectivity index (χ1v) is 22.1. The third kappa shape index (κ3) is 6.81. The van der Waals surface area contributed by atoms with Crippen molar-refractivity contribution in [1.29, 1.82) is 0 Å². The van der Waals surface area contributed by atoms with Gasteiger partial charge in [-0.1, -0.05) is 176 Å². The SMILES string of the molecule is C=C=C(/N=C(\C(C)=C(/C)c1ccc2c(-c3cccc4c3sc3c(-c5ccccc5)cccc34)cccc2c1)c1ccc2c(c1)oc1ccccc12)c1cccc(-c2ccccc2)c1. The summed E-state index contributed by atoms with van der Waals surface area (Å²) in [7, 11) is 0. The Labute approximate surface area is 370 Å². The van der Waals surface area contributed by atoms with Crippen molar-refractivity contribution < 1.29 is 4.42 Å². The fraction of sp³-hybridized carbons (Fsp3) is 0.0333. The zero-order valence-corrected chi connectivity index (χ0v) is 35.8. The predicted molar refractivity (Wildman–Crippen MR) is 271 cm³/mol. The predicted octanol–water partition coefficient (Wildman–Crippen LogP) is 17.2. The number of para-hydroxylation sites is 1. The molecule has 0 radical (unpaired) electrons. The van der Waals surface area contributed by atoms with E-state index in [0.717, 1.165) is 66.6 Å². The summed E-state index contributed by atoms with van der Waals surface area (Å²) in [4.78, 5) is 5.43. The largest absolute Gasteiger partial charge is 0.456 e. The fourth-order valence-electron chi connectivity index (χ4n) is 9.06. The van der Waals surface area contributed by atoms with Crippen LogP contribution in [0.2, 0.25) is 0 Å². The Morgan fingerprint density at radius 3 is 1.86 bits per heavy atom. The van der Waals surface area contributed by atoms with Crippen molar-refractivity contribution in [2.75, 3.05) is 0 Å². The average molecular weight is 824 g/mol. The lowest BCUT2D eigenvalue weighted by Gasteiger charge is -2.15. The van der Waals surface area contributed by atoms with Crippen LogP contribution in [0, 0.1) is 0 Å². The molecule has 9 aromatic carbocycles. The smallest absolute Gasteiger partial charge is 0.136 e. The molecular weight excluding hydrogens is 783 g/mol. The molecule has 0 aliphatic heterocycles. The minimum absolute atomic E-state index is 0.675. The highest BCUT2D eigenvalue weighted by atomic mass is 32.1. The van der Waals surface area contributed by atoms with E-state index in [9.17, 15) is 0 Å². The zero-order chi connectivity index (χ0) is 42.4. The second kappa shape index (κ2) is 15.9. The highest BCUT2D eigenvalue weighted by Gasteiger charge is 2.18. The minimum atomic E-state index is 0.675. The van der Waals surface area contributed by atoms with E-state index in [1.807, 2.05) is 29.5 Å². The molecule has 0 fully saturated rings. The van der Waals surface area contributed by atoms with Crippen molar-refractivity contribution in [1.82, 2.24) is 0 Å². The molecule has 0 spiro atoms. The molecule has 298 valence electrons. The molecule has 0 saturated heterocycles. The maximum atomic E-state index is 6.41. The van der Waals surface area contributed by atoms with Crippen LogP contribution in [0.5, 0.6) is 0 Å². The van der Waals surface area contributed by atoms with Crippen molar-refractivity contribution >= 4 is 81.2 Å². The molecule has 2 aromatic heterocycles. The van der Waals surface area contributed by atoms with Gasteiger partial charge in [-0.25, -0.2) is 4.99 Å². The zero-order valence-electron chi connectivity index (χ0n) is 35.0. The van der Waals surface area contributed by atoms with E-state index in [4.69, 9.17) is 9.41 Å². The molecule has 0 N–H and O–H groups in total. The van der Waals surface area contributed by atoms with Crippen molar-refractivity contribution in [3.8, 4) is 33.4 Å². The molecular formula is C60H41NOS. The first-order valence-electron chi connectivity index (χ1n) is 21.3. The third-order valence-corrected chi connectivity index (χ3v) is 13.7. The Balaban J connectivity index is 1.03. The lowest BCUT2D eigenvalue weighted by atomic mass is 9.91. The second-order valence-electron chi connectivity index (χ2n) is 16.1. The van der Waals surface area contributed by atoms with Crippen LogP contribution in [0.3, 0.4) is 0 Å². The number of rotatable bonds is 8. The van der Waals surface area contributed by atoms with Crippen LogP contribution >= 0.6 is 11.3 Å². The van der Waals surface area contributed by atoms with E-state index < -0.39 is 0 Å². The van der Waals surface area contributed by atoms with Crippen LogP contribution < -0.4 is 0 Å². The molecule has 11 rings (SSSR count). The normalized spacial score (nSPS) is 12.3. The highest BCUT2D eigenvalue weighted by molar-refractivity contribution is 7.26. The number of furan rings is 1. The van der Waals surface area contributed by atoms with Crippen molar-refractivity contribution in [2.45, 2.75) is 13.8 Å². The number of hydrogen-bond donors (Lipinski definition) is 0. The Bertz CT molecular complexity index is 3690. The topological polar surface area (TPSA) is 25.5 Å². The number of nitrogens with zero attached hydrogens (tertiary/aromatic N) is 1. The van der Waals surface area contributed by atoms with Gasteiger partial charge in [-0.05, 0) is 99.5 Å². The van der Waals surface area contributed by atoms with Gasteiger partial charge in [-0.2, -0.15) is 0 Å². The number of fused-ring (bicyclic) bond motifs is 7. The summed E-state index contributed by atoms with van der Waals surface area (Å²) in [6.07, 6.45) is 0. The molecule has 63 heavy (non-hydrogen) atoms. The van der Waals surface area contributed by atoms with E-state index in [2.05, 4.69) is 208 Å². The fourth-order valence-corrected chi connectivity index (χ4v) is 10.4. The monoisotopic (exact) mass is 823 g/mol. The Kier molecular flexibility index (Phi) is 9.63. The molecule has 0 amide bonds. The average Bonchev–Trinajstić information content (AvgIpc) is 3.92. The van der Waals surface area contributed by atoms with E-state index >= 15 is 0 Å². The Morgan fingerprint density at radius 2 is 1.06 bits per heavy atom. The summed E-state index contributed by atoms with van der Waals surface area (Å²) in [5, 5.41) is 7.18. The van der Waals surface area contributed by atoms with Gasteiger partial charge in [0, 0.05) is 47.6 Å². The number of benzene rings is 9. The van der Waals surface area contributed by atoms with Gasteiger partial charge in [-0.3, -0.25) is 0 Å². The van der Waals surface area contributed by atoms with Crippen LogP contribution in [0.25, 0.3) is 97.5 Å². The minimum Gasteiger partial charge on any atom is -0.456 e. The van der Waals surface area contributed by atoms with Gasteiger partial charge in [0.25, 0.3) is 0 Å². The lowest BCUT2D eigenvalue weighted by molar-refractivity contribution is 0.669. The molecule has 0 bridgehead atoms. The molecule has 11 aromatic rings. The first kappa shape index (κ1) is 38.1. The molecule has 0 unspecified atom stereocenters. The molecule has 3 heteroatoms. The van der Waals surface area contributed by atoms with Gasteiger partial charge in [-0.15, -0.1) is 17.1 Å². The molecule has 2 heterocycles. The maximum Gasteiger partial charge on any atom is 0.136 e. The standard InChI is InChI=1S/C60H41NOS/c1-4-55(45-23-13-21-43(36-45)40-17-7-5-8-18-40)61-58(46-32-34-51-50-24-11-12-30-56(50)62-57(51)37-46)39(3)38(2)42-31-33-47-44(35-42)22-14-26-49(47)52-27-16-29-54-53-28-15-25-48(59(53)63-60(52)54)41-19-9-6-10-20-41/h5-37H,1H2,2-3H3/b39-38+,61-58+. The first-order chi connectivity index (χ1) is 31.0. The maximum absolute atomic E-state index is 6.41. The molecule has 2 nitrogen and oxygen atoms in total. The molecule has 0 aliphatic carbocycles. The summed E-state index contributed by atoms with van der Waals surface area (Å²) in [6.45, 7) is 8.51. The Hall–Kier alpha value is -7.81. The summed E-state index contributed by atoms with van der Waals surface area (Å²) in [5.41, 5.74) is 18.9. The van der Waals surface area contributed by atoms with E-state index in [1.165, 1.54) is 53.2 Å². The van der Waals surface area contributed by atoms with Gasteiger partial charge >= 0.3 is 0 Å². The van der Waals surface area contributed by atoms with Gasteiger partial charge in [0.2, 0.25) is 0 Å². The summed E-state index contributed by atoms with van der Waals surface area (Å²) < 4.78 is 9.04. The van der Waals surface area contributed by atoms with Gasteiger partial charge in [0.1, 0.15) is 16.9 Å².